The van der Waals surface area contributed by atoms with Gasteiger partial charge in [0.25, 0.3) is 5.91 Å². The van der Waals surface area contributed by atoms with Crippen LogP contribution in [0.3, 0.4) is 0 Å². The summed E-state index contributed by atoms with van der Waals surface area (Å²) in [6.45, 7) is 5.27. The zero-order valence-corrected chi connectivity index (χ0v) is 18.3. The number of rotatable bonds is 8. The fraction of sp³-hybridized carbons (Fsp3) is 0.250. The lowest BCUT2D eigenvalue weighted by Crippen LogP contribution is -2.25. The predicted molar refractivity (Wildman–Crippen MR) is 121 cm³/mol. The van der Waals surface area contributed by atoms with E-state index in [2.05, 4.69) is 16.5 Å². The first-order valence-electron chi connectivity index (χ1n) is 10.2. The molecule has 0 radical (unpaired) electrons. The smallest absolute Gasteiger partial charge is 0.286 e. The highest BCUT2D eigenvalue weighted by Crippen LogP contribution is 2.22. The van der Waals surface area contributed by atoms with E-state index in [9.17, 15) is 4.79 Å². The summed E-state index contributed by atoms with van der Waals surface area (Å²) in [7, 11) is 0. The third-order valence-electron chi connectivity index (χ3n) is 5.11. The highest BCUT2D eigenvalue weighted by Gasteiger charge is 2.12. The summed E-state index contributed by atoms with van der Waals surface area (Å²) in [5.41, 5.74) is 1.75. The summed E-state index contributed by atoms with van der Waals surface area (Å²) in [6.07, 6.45) is 0.739. The molecule has 2 heterocycles. The Labute approximate surface area is 185 Å². The Morgan fingerprint density at radius 1 is 1.13 bits per heavy atom. The summed E-state index contributed by atoms with van der Waals surface area (Å²) in [6, 6.07) is 17.5. The van der Waals surface area contributed by atoms with Gasteiger partial charge in [0, 0.05) is 13.1 Å². The van der Waals surface area contributed by atoms with Crippen LogP contribution < -0.4 is 10.1 Å². The number of amides is 1. The highest BCUT2D eigenvalue weighted by atomic mass is 35.5. The quantitative estimate of drug-likeness (QED) is 0.380. The summed E-state index contributed by atoms with van der Waals surface area (Å²) in [5.74, 6) is 1.37. The number of furan rings is 1. The van der Waals surface area contributed by atoms with Gasteiger partial charge >= 0.3 is 0 Å². The molecule has 0 atom stereocenters. The Balaban J connectivity index is 1.25. The van der Waals surface area contributed by atoms with Crippen LogP contribution in [0, 0.1) is 13.8 Å². The summed E-state index contributed by atoms with van der Waals surface area (Å²) >= 11 is 6.16. The summed E-state index contributed by atoms with van der Waals surface area (Å²) in [4.78, 5) is 12.3. The average Bonchev–Trinajstić information content (AvgIpc) is 3.36. The number of hydrogen-bond donors (Lipinski definition) is 1. The molecule has 1 amide bonds. The molecule has 1 N–H and O–H groups in total. The van der Waals surface area contributed by atoms with E-state index in [1.165, 1.54) is 0 Å². The van der Waals surface area contributed by atoms with Crippen molar-refractivity contribution in [2.45, 2.75) is 33.4 Å². The van der Waals surface area contributed by atoms with Gasteiger partial charge in [0.05, 0.1) is 16.4 Å². The number of hydrogen-bond acceptors (Lipinski definition) is 4. The van der Waals surface area contributed by atoms with Crippen molar-refractivity contribution in [2.24, 2.45) is 0 Å². The fourth-order valence-electron chi connectivity index (χ4n) is 3.40. The highest BCUT2D eigenvalue weighted by molar-refractivity contribution is 6.31. The van der Waals surface area contributed by atoms with E-state index in [1.807, 2.05) is 54.9 Å². The van der Waals surface area contributed by atoms with Gasteiger partial charge in [0.1, 0.15) is 18.1 Å². The Morgan fingerprint density at radius 2 is 1.94 bits per heavy atom. The molecule has 6 nitrogen and oxygen atoms in total. The molecule has 0 aliphatic carbocycles. The molecule has 2 aromatic heterocycles. The number of carbonyl (C=O) groups excluding carboxylic acids is 1. The van der Waals surface area contributed by atoms with Crippen molar-refractivity contribution < 1.29 is 13.9 Å². The van der Waals surface area contributed by atoms with Crippen LogP contribution in [0.2, 0.25) is 5.02 Å². The zero-order chi connectivity index (χ0) is 21.8. The molecule has 160 valence electrons. The largest absolute Gasteiger partial charge is 0.486 e. The van der Waals surface area contributed by atoms with Crippen LogP contribution in [-0.2, 0) is 13.2 Å². The Bertz CT molecular complexity index is 1210. The molecule has 4 rings (SSSR count). The number of ether oxygens (including phenoxy) is 1. The van der Waals surface area contributed by atoms with E-state index in [1.54, 1.807) is 12.1 Å². The first-order valence-corrected chi connectivity index (χ1v) is 10.6. The fourth-order valence-corrected chi connectivity index (χ4v) is 3.54. The lowest BCUT2D eigenvalue weighted by molar-refractivity contribution is 0.0921. The molecule has 0 saturated heterocycles. The van der Waals surface area contributed by atoms with Crippen molar-refractivity contribution in [3.05, 3.63) is 82.5 Å². The maximum atomic E-state index is 12.3. The number of benzene rings is 2. The normalized spacial score (nSPS) is 11.1. The van der Waals surface area contributed by atoms with Crippen molar-refractivity contribution >= 4 is 28.3 Å². The Kier molecular flexibility index (Phi) is 6.28. The van der Waals surface area contributed by atoms with Crippen molar-refractivity contribution in [2.75, 3.05) is 6.54 Å². The van der Waals surface area contributed by atoms with Gasteiger partial charge in [0.2, 0.25) is 0 Å². The monoisotopic (exact) mass is 437 g/mol. The van der Waals surface area contributed by atoms with Crippen molar-refractivity contribution in [3.8, 4) is 5.75 Å². The molecule has 0 fully saturated rings. The van der Waals surface area contributed by atoms with Crippen LogP contribution >= 0.6 is 11.6 Å². The zero-order valence-electron chi connectivity index (χ0n) is 17.5. The molecule has 0 unspecified atom stereocenters. The molecule has 0 spiro atoms. The van der Waals surface area contributed by atoms with Crippen LogP contribution in [0.4, 0.5) is 0 Å². The Morgan fingerprint density at radius 3 is 2.71 bits per heavy atom. The van der Waals surface area contributed by atoms with E-state index < -0.39 is 0 Å². The standard InChI is InChI=1S/C24H24ClN3O3/c1-16-23(25)17(2)28(27-16)13-5-12-26-24(29)22-11-10-21(31-22)15-30-20-9-8-18-6-3-4-7-19(18)14-20/h3-4,6-11,14H,5,12-13,15H2,1-2H3,(H,26,29). The first-order chi connectivity index (χ1) is 15.0. The summed E-state index contributed by atoms with van der Waals surface area (Å²) < 4.78 is 13.3. The van der Waals surface area contributed by atoms with Crippen molar-refractivity contribution in [1.82, 2.24) is 15.1 Å². The predicted octanol–water partition coefficient (Wildman–Crippen LogP) is 5.30. The third-order valence-corrected chi connectivity index (χ3v) is 5.66. The van der Waals surface area contributed by atoms with E-state index in [-0.39, 0.29) is 18.3 Å². The van der Waals surface area contributed by atoms with E-state index in [4.69, 9.17) is 20.8 Å². The van der Waals surface area contributed by atoms with Crippen molar-refractivity contribution in [3.63, 3.8) is 0 Å². The number of nitrogens with zero attached hydrogens (tertiary/aromatic N) is 2. The van der Waals surface area contributed by atoms with Gasteiger partial charge in [-0.25, -0.2) is 0 Å². The second kappa shape index (κ2) is 9.27. The third kappa shape index (κ3) is 4.91. The first kappa shape index (κ1) is 21.0. The number of aryl methyl sites for hydroxylation is 2. The molecule has 4 aromatic rings. The van der Waals surface area contributed by atoms with Gasteiger partial charge in [-0.1, -0.05) is 41.9 Å². The lowest BCUT2D eigenvalue weighted by atomic mass is 10.1. The molecule has 0 saturated carbocycles. The molecule has 0 aliphatic heterocycles. The molecular formula is C24H24ClN3O3. The van der Waals surface area contributed by atoms with E-state index in [0.717, 1.165) is 34.3 Å². The van der Waals surface area contributed by atoms with Crippen molar-refractivity contribution in [1.29, 1.82) is 0 Å². The van der Waals surface area contributed by atoms with Crippen LogP contribution in [0.15, 0.2) is 59.0 Å². The van der Waals surface area contributed by atoms with Crippen LogP contribution in [-0.4, -0.2) is 22.2 Å². The second-order valence-corrected chi connectivity index (χ2v) is 7.76. The Hall–Kier alpha value is -3.25. The number of nitrogens with one attached hydrogen (secondary N) is 1. The minimum Gasteiger partial charge on any atom is -0.486 e. The topological polar surface area (TPSA) is 69.3 Å². The minimum atomic E-state index is -0.247. The second-order valence-electron chi connectivity index (χ2n) is 7.38. The number of fused-ring (bicyclic) bond motifs is 1. The SMILES string of the molecule is Cc1nn(CCCNC(=O)c2ccc(COc3ccc4ccccc4c3)o2)c(C)c1Cl. The van der Waals surface area contributed by atoms with Gasteiger partial charge in [-0.15, -0.1) is 0 Å². The summed E-state index contributed by atoms with van der Waals surface area (Å²) in [5, 5.41) is 10.2. The number of aromatic nitrogens is 2. The van der Waals surface area contributed by atoms with Gasteiger partial charge in [-0.2, -0.15) is 5.10 Å². The molecule has 31 heavy (non-hydrogen) atoms. The number of carbonyl (C=O) groups is 1. The maximum Gasteiger partial charge on any atom is 0.286 e. The molecule has 7 heteroatoms. The molecular weight excluding hydrogens is 414 g/mol. The van der Waals surface area contributed by atoms with Crippen LogP contribution in [0.5, 0.6) is 5.75 Å². The van der Waals surface area contributed by atoms with Gasteiger partial charge < -0.3 is 14.5 Å². The van der Waals surface area contributed by atoms with Crippen LogP contribution in [0.25, 0.3) is 10.8 Å². The number of halogens is 1. The molecule has 2 aromatic carbocycles. The van der Waals surface area contributed by atoms with Gasteiger partial charge in [-0.3, -0.25) is 9.48 Å². The van der Waals surface area contributed by atoms with Crippen LogP contribution in [0.1, 0.15) is 34.1 Å². The molecule has 0 bridgehead atoms. The van der Waals surface area contributed by atoms with E-state index in [0.29, 0.717) is 23.9 Å². The molecule has 0 aliphatic rings. The maximum absolute atomic E-state index is 12.3. The van der Waals surface area contributed by atoms with Gasteiger partial charge in [-0.05, 0) is 55.3 Å². The average molecular weight is 438 g/mol. The lowest BCUT2D eigenvalue weighted by Gasteiger charge is -2.06. The van der Waals surface area contributed by atoms with Gasteiger partial charge in [0.15, 0.2) is 5.76 Å². The minimum absolute atomic E-state index is 0.247. The van der Waals surface area contributed by atoms with E-state index >= 15 is 0 Å².